The van der Waals surface area contributed by atoms with E-state index in [4.69, 9.17) is 0 Å². The summed E-state index contributed by atoms with van der Waals surface area (Å²) in [5.41, 5.74) is 0.387. The minimum atomic E-state index is -3.08. The average molecular weight is 384 g/mol. The molecule has 27 heavy (non-hydrogen) atoms. The maximum absolute atomic E-state index is 12.4. The van der Waals surface area contributed by atoms with Gasteiger partial charge in [0.1, 0.15) is 29.3 Å². The first-order valence-corrected chi connectivity index (χ1v) is 7.95. The molecule has 10 heteroatoms. The zero-order chi connectivity index (χ0) is 20.1. The fourth-order valence-corrected chi connectivity index (χ4v) is 2.42. The summed E-state index contributed by atoms with van der Waals surface area (Å²) in [6, 6.07) is -0.532. The number of halogens is 3. The molecule has 0 aliphatic carbocycles. The summed E-state index contributed by atoms with van der Waals surface area (Å²) in [5, 5.41) is 13.8. The molecule has 1 atom stereocenters. The molecule has 2 aromatic heterocycles. The van der Waals surface area contributed by atoms with Crippen molar-refractivity contribution in [3.8, 4) is 0 Å². The Morgan fingerprint density at radius 2 is 2.15 bits per heavy atom. The molecule has 146 valence electrons. The fourth-order valence-electron chi connectivity index (χ4n) is 2.42. The van der Waals surface area contributed by atoms with Crippen molar-refractivity contribution in [2.45, 2.75) is 33.1 Å². The second kappa shape index (κ2) is 8.67. The highest BCUT2D eigenvalue weighted by Gasteiger charge is 2.19. The van der Waals surface area contributed by atoms with Crippen molar-refractivity contribution in [2.24, 2.45) is 0 Å². The summed E-state index contributed by atoms with van der Waals surface area (Å²) >= 11 is 0. The van der Waals surface area contributed by atoms with Gasteiger partial charge in [-0.3, -0.25) is 4.79 Å². The Balaban J connectivity index is 2.38. The van der Waals surface area contributed by atoms with Crippen LogP contribution in [0.4, 0.5) is 13.2 Å². The fraction of sp³-hybridized carbons (Fsp3) is 0.353. The minimum Gasteiger partial charge on any atom is -0.435 e. The van der Waals surface area contributed by atoms with Crippen LogP contribution in [0.5, 0.6) is 0 Å². The van der Waals surface area contributed by atoms with Crippen LogP contribution < -0.4 is 5.56 Å². The van der Waals surface area contributed by atoms with Gasteiger partial charge in [-0.25, -0.2) is 14.1 Å². The largest absolute Gasteiger partial charge is 0.435 e. The summed E-state index contributed by atoms with van der Waals surface area (Å²) in [4.78, 5) is 18.9. The van der Waals surface area contributed by atoms with Crippen LogP contribution in [0, 0.1) is 6.92 Å². The van der Waals surface area contributed by atoms with E-state index in [1.165, 1.54) is 10.8 Å². The first-order chi connectivity index (χ1) is 12.8. The molecule has 1 unspecified atom stereocenters. The Hall–Kier alpha value is -2.88. The summed E-state index contributed by atoms with van der Waals surface area (Å²) in [6.45, 7) is 2.63. The van der Waals surface area contributed by atoms with Gasteiger partial charge in [0.2, 0.25) is 0 Å². The third-order valence-electron chi connectivity index (χ3n) is 3.77. The molecule has 0 fully saturated rings. The molecule has 2 rings (SSSR count). The summed E-state index contributed by atoms with van der Waals surface area (Å²) in [6.07, 6.45) is 3.40. The van der Waals surface area contributed by atoms with E-state index in [1.54, 1.807) is 13.8 Å². The molecule has 7 nitrogen and oxygen atoms in total. The van der Waals surface area contributed by atoms with Crippen molar-refractivity contribution in [3.05, 3.63) is 58.0 Å². The molecular weight excluding hydrogens is 365 g/mol. The number of aromatic amines is 1. The van der Waals surface area contributed by atoms with E-state index in [2.05, 4.69) is 26.4 Å². The monoisotopic (exact) mass is 384 g/mol. The predicted octanol–water partition coefficient (Wildman–Crippen LogP) is 2.69. The number of hydrogen-bond acceptors (Lipinski definition) is 5. The number of hydrogen-bond donors (Lipinski definition) is 2. The maximum atomic E-state index is 12.4. The third-order valence-corrected chi connectivity index (χ3v) is 3.77. The molecule has 2 aromatic rings. The molecule has 0 saturated carbocycles. The molecule has 0 aliphatic heterocycles. The van der Waals surface area contributed by atoms with Gasteiger partial charge in [0.25, 0.3) is 5.56 Å². The first-order valence-electron chi connectivity index (χ1n) is 7.95. The lowest BCUT2D eigenvalue weighted by Crippen LogP contribution is -2.13. The van der Waals surface area contributed by atoms with Crippen LogP contribution in [-0.2, 0) is 11.3 Å². The predicted molar refractivity (Wildman–Crippen MR) is 92.9 cm³/mol. The zero-order valence-electron chi connectivity index (χ0n) is 14.7. The number of aryl methyl sites for hydroxylation is 1. The highest BCUT2D eigenvalue weighted by Crippen LogP contribution is 2.23. The quantitative estimate of drug-likeness (QED) is 0.539. The van der Waals surface area contributed by atoms with Crippen molar-refractivity contribution in [1.29, 1.82) is 0 Å². The molecule has 0 amide bonds. The van der Waals surface area contributed by atoms with E-state index in [0.29, 0.717) is 11.4 Å². The van der Waals surface area contributed by atoms with Gasteiger partial charge in [-0.15, -0.1) is 0 Å². The van der Waals surface area contributed by atoms with Gasteiger partial charge >= 0.3 is 6.61 Å². The van der Waals surface area contributed by atoms with Crippen molar-refractivity contribution in [1.82, 2.24) is 19.7 Å². The number of nitrogens with zero attached hydrogens (tertiary/aromatic N) is 3. The minimum absolute atomic E-state index is 0.154. The summed E-state index contributed by atoms with van der Waals surface area (Å²) in [5.74, 6) is 0.0256. The van der Waals surface area contributed by atoms with Crippen LogP contribution in [-0.4, -0.2) is 38.1 Å². The first kappa shape index (κ1) is 20.4. The standard InChI is InChI=1S/C17H19F3N4O3/c1-9(4-5-12(6-7-18)27-17(19)20)10(2)24-15-14(13(8-25)23-24)16(26)22-11(3)21-15/h4-6,10,17,25H,1,7-8H2,2-3H3,(H,21,22,26)/b5-4-,12-6+. The van der Waals surface area contributed by atoms with Crippen LogP contribution >= 0.6 is 0 Å². The molecule has 2 heterocycles. The van der Waals surface area contributed by atoms with Crippen molar-refractivity contribution >= 4 is 11.0 Å². The number of aromatic nitrogens is 4. The van der Waals surface area contributed by atoms with E-state index in [0.717, 1.165) is 12.2 Å². The lowest BCUT2D eigenvalue weighted by molar-refractivity contribution is -0.0923. The average Bonchev–Trinajstić information content (AvgIpc) is 2.97. The van der Waals surface area contributed by atoms with Crippen LogP contribution in [0.25, 0.3) is 11.0 Å². The van der Waals surface area contributed by atoms with Gasteiger partial charge in [0, 0.05) is 0 Å². The van der Waals surface area contributed by atoms with Gasteiger partial charge in [0.05, 0.1) is 12.6 Å². The molecule has 0 saturated heterocycles. The Labute approximate surface area is 152 Å². The lowest BCUT2D eigenvalue weighted by atomic mass is 10.1. The number of nitrogens with one attached hydrogen (secondary N) is 1. The number of aliphatic hydroxyl groups is 1. The van der Waals surface area contributed by atoms with Crippen LogP contribution in [0.1, 0.15) is 24.5 Å². The number of H-pyrrole nitrogens is 1. The molecule has 0 aliphatic rings. The van der Waals surface area contributed by atoms with Gasteiger partial charge < -0.3 is 14.8 Å². The number of aliphatic hydroxyl groups excluding tert-OH is 1. The molecule has 0 spiro atoms. The number of alkyl halides is 3. The Morgan fingerprint density at radius 3 is 2.74 bits per heavy atom. The summed E-state index contributed by atoms with van der Waals surface area (Å²) < 4.78 is 42.7. The molecule has 0 bridgehead atoms. The highest BCUT2D eigenvalue weighted by molar-refractivity contribution is 5.77. The number of ether oxygens (including phenoxy) is 1. The molecular formula is C17H19F3N4O3. The van der Waals surface area contributed by atoms with E-state index >= 15 is 0 Å². The van der Waals surface area contributed by atoms with Crippen LogP contribution in [0.3, 0.4) is 0 Å². The van der Waals surface area contributed by atoms with E-state index in [9.17, 15) is 23.1 Å². The van der Waals surface area contributed by atoms with Gasteiger partial charge in [-0.05, 0) is 31.6 Å². The number of fused-ring (bicyclic) bond motifs is 1. The van der Waals surface area contributed by atoms with Crippen molar-refractivity contribution in [3.63, 3.8) is 0 Å². The van der Waals surface area contributed by atoms with Gasteiger partial charge in [0.15, 0.2) is 5.65 Å². The third kappa shape index (κ3) is 4.64. The topological polar surface area (TPSA) is 93.0 Å². The summed E-state index contributed by atoms with van der Waals surface area (Å²) in [7, 11) is 0. The lowest BCUT2D eigenvalue weighted by Gasteiger charge is -2.14. The number of allylic oxidation sites excluding steroid dienone is 4. The molecule has 0 aromatic carbocycles. The second-order valence-electron chi connectivity index (χ2n) is 5.62. The van der Waals surface area contributed by atoms with Crippen LogP contribution in [0.15, 0.2) is 40.9 Å². The molecule has 2 N–H and O–H groups in total. The Bertz CT molecular complexity index is 947. The number of rotatable bonds is 8. The SMILES string of the molecule is C=C(/C=C\C(=C/CF)OC(F)F)C(C)n1nc(CO)c2c(=O)[nH]c(C)nc21. The Morgan fingerprint density at radius 1 is 1.44 bits per heavy atom. The van der Waals surface area contributed by atoms with Gasteiger partial charge in [-0.2, -0.15) is 13.9 Å². The van der Waals surface area contributed by atoms with Crippen LogP contribution in [0.2, 0.25) is 0 Å². The maximum Gasteiger partial charge on any atom is 0.387 e. The Kier molecular flexibility index (Phi) is 6.56. The van der Waals surface area contributed by atoms with Gasteiger partial charge in [-0.1, -0.05) is 12.7 Å². The van der Waals surface area contributed by atoms with Crippen molar-refractivity contribution in [2.75, 3.05) is 6.67 Å². The van der Waals surface area contributed by atoms with Crippen molar-refractivity contribution < 1.29 is 23.0 Å². The zero-order valence-corrected chi connectivity index (χ0v) is 14.7. The second-order valence-corrected chi connectivity index (χ2v) is 5.62. The van der Waals surface area contributed by atoms with E-state index in [1.807, 2.05) is 0 Å². The smallest absolute Gasteiger partial charge is 0.387 e. The van der Waals surface area contributed by atoms with E-state index in [-0.39, 0.29) is 22.5 Å². The normalized spacial score (nSPS) is 13.7. The highest BCUT2D eigenvalue weighted by atomic mass is 19.3. The molecule has 0 radical (unpaired) electrons. The van der Waals surface area contributed by atoms with E-state index < -0.39 is 31.5 Å².